The Balaban J connectivity index is 1.85. The summed E-state index contributed by atoms with van der Waals surface area (Å²) in [7, 11) is 0. The number of nitriles is 1. The number of piperidine rings is 1. The van der Waals surface area contributed by atoms with E-state index >= 15 is 0 Å². The van der Waals surface area contributed by atoms with Crippen molar-refractivity contribution in [3.05, 3.63) is 23.9 Å². The molecule has 0 saturated carbocycles. The molecule has 5 nitrogen and oxygen atoms in total. The van der Waals surface area contributed by atoms with Crippen molar-refractivity contribution < 1.29 is 4.79 Å². The minimum atomic E-state index is 0.231. The smallest absolute Gasteiger partial charge is 0.222 e. The summed E-state index contributed by atoms with van der Waals surface area (Å²) < 4.78 is 0. The average molecular weight is 258 g/mol. The van der Waals surface area contributed by atoms with Gasteiger partial charge in [0.05, 0.1) is 5.56 Å². The average Bonchev–Trinajstić information content (AvgIpc) is 2.48. The number of carbonyl (C=O) groups excluding carboxylic acids is 1. The first-order chi connectivity index (χ1) is 9.22. The van der Waals surface area contributed by atoms with Crippen LogP contribution in [0.3, 0.4) is 0 Å². The predicted octanol–water partition coefficient (Wildman–Crippen LogP) is 1.77. The van der Waals surface area contributed by atoms with Crippen LogP contribution in [-0.2, 0) is 4.79 Å². The molecule has 0 atom stereocenters. The number of nitrogens with one attached hydrogen (secondary N) is 1. The number of nitrogens with zero attached hydrogens (tertiary/aromatic N) is 3. The van der Waals surface area contributed by atoms with Crippen LogP contribution in [0.5, 0.6) is 0 Å². The fourth-order valence-electron chi connectivity index (χ4n) is 2.25. The molecule has 100 valence electrons. The number of pyridine rings is 1. The lowest BCUT2D eigenvalue weighted by atomic mass is 10.0. The molecule has 19 heavy (non-hydrogen) atoms. The van der Waals surface area contributed by atoms with Crippen molar-refractivity contribution in [2.24, 2.45) is 0 Å². The Morgan fingerprint density at radius 3 is 2.79 bits per heavy atom. The molecule has 1 amide bonds. The maximum atomic E-state index is 11.6. The third-order valence-corrected chi connectivity index (χ3v) is 3.39. The van der Waals surface area contributed by atoms with E-state index < -0.39 is 0 Å². The summed E-state index contributed by atoms with van der Waals surface area (Å²) in [6.07, 6.45) is 4.02. The SMILES string of the molecule is CCC(=O)N1CCC(Nc2ccc(C#N)cn2)CC1. The molecule has 0 bridgehead atoms. The quantitative estimate of drug-likeness (QED) is 0.897. The second-order valence-electron chi connectivity index (χ2n) is 4.70. The van der Waals surface area contributed by atoms with E-state index in [0.29, 0.717) is 18.0 Å². The zero-order valence-corrected chi connectivity index (χ0v) is 11.1. The molecule has 5 heteroatoms. The van der Waals surface area contributed by atoms with Crippen molar-refractivity contribution in [3.63, 3.8) is 0 Å². The Kier molecular flexibility index (Phi) is 4.35. The minimum absolute atomic E-state index is 0.231. The van der Waals surface area contributed by atoms with Crippen molar-refractivity contribution >= 4 is 11.7 Å². The van der Waals surface area contributed by atoms with Gasteiger partial charge in [0.1, 0.15) is 11.9 Å². The van der Waals surface area contributed by atoms with Crippen LogP contribution in [0.15, 0.2) is 18.3 Å². The monoisotopic (exact) mass is 258 g/mol. The van der Waals surface area contributed by atoms with Crippen LogP contribution in [-0.4, -0.2) is 34.9 Å². The number of aromatic nitrogens is 1. The summed E-state index contributed by atoms with van der Waals surface area (Å²) in [5, 5.41) is 12.1. The maximum absolute atomic E-state index is 11.6. The number of amides is 1. The van der Waals surface area contributed by atoms with E-state index in [9.17, 15) is 4.79 Å². The Morgan fingerprint density at radius 1 is 1.53 bits per heavy atom. The highest BCUT2D eigenvalue weighted by Crippen LogP contribution is 2.16. The molecule has 0 aromatic carbocycles. The van der Waals surface area contributed by atoms with Crippen molar-refractivity contribution in [1.82, 2.24) is 9.88 Å². The number of carbonyl (C=O) groups is 1. The first kappa shape index (κ1) is 13.3. The van der Waals surface area contributed by atoms with Crippen LogP contribution in [0.2, 0.25) is 0 Å². The molecule has 1 aliphatic rings. The minimum Gasteiger partial charge on any atom is -0.367 e. The van der Waals surface area contributed by atoms with Crippen molar-refractivity contribution in [3.8, 4) is 6.07 Å². The highest BCUT2D eigenvalue weighted by molar-refractivity contribution is 5.75. The largest absolute Gasteiger partial charge is 0.367 e. The number of hydrogen-bond donors (Lipinski definition) is 1. The van der Waals surface area contributed by atoms with Gasteiger partial charge in [0.15, 0.2) is 0 Å². The Morgan fingerprint density at radius 2 is 2.26 bits per heavy atom. The number of anilines is 1. The highest BCUT2D eigenvalue weighted by atomic mass is 16.2. The lowest BCUT2D eigenvalue weighted by Gasteiger charge is -2.32. The summed E-state index contributed by atoms with van der Waals surface area (Å²) in [6.45, 7) is 3.51. The van der Waals surface area contributed by atoms with Gasteiger partial charge in [-0.1, -0.05) is 6.92 Å². The summed E-state index contributed by atoms with van der Waals surface area (Å²) in [5.74, 6) is 1.02. The maximum Gasteiger partial charge on any atom is 0.222 e. The molecule has 1 saturated heterocycles. The van der Waals surface area contributed by atoms with Crippen LogP contribution < -0.4 is 5.32 Å². The van der Waals surface area contributed by atoms with Gasteiger partial charge < -0.3 is 10.2 Å². The van der Waals surface area contributed by atoms with Crippen molar-refractivity contribution in [2.75, 3.05) is 18.4 Å². The Labute approximate surface area is 113 Å². The van der Waals surface area contributed by atoms with Gasteiger partial charge in [-0.15, -0.1) is 0 Å². The van der Waals surface area contributed by atoms with Crippen LogP contribution in [0, 0.1) is 11.3 Å². The molecule has 0 radical (unpaired) electrons. The van der Waals surface area contributed by atoms with Gasteiger partial charge in [0.2, 0.25) is 5.91 Å². The van der Waals surface area contributed by atoms with E-state index in [4.69, 9.17) is 5.26 Å². The summed E-state index contributed by atoms with van der Waals surface area (Å²) in [4.78, 5) is 17.7. The van der Waals surface area contributed by atoms with Crippen molar-refractivity contribution in [2.45, 2.75) is 32.2 Å². The molecule has 0 unspecified atom stereocenters. The molecule has 1 aliphatic heterocycles. The van der Waals surface area contributed by atoms with Crippen LogP contribution in [0.1, 0.15) is 31.7 Å². The standard InChI is InChI=1S/C14H18N4O/c1-2-14(19)18-7-5-12(6-8-18)17-13-4-3-11(9-15)10-16-13/h3-4,10,12H,2,5-8H2,1H3,(H,16,17). The van der Waals surface area contributed by atoms with Crippen LogP contribution >= 0.6 is 0 Å². The topological polar surface area (TPSA) is 69.0 Å². The Bertz CT molecular complexity index is 469. The van der Waals surface area contributed by atoms with E-state index in [2.05, 4.69) is 10.3 Å². The lowest BCUT2D eigenvalue weighted by molar-refractivity contribution is -0.131. The van der Waals surface area contributed by atoms with E-state index in [1.54, 1.807) is 12.3 Å². The molecule has 2 rings (SSSR count). The first-order valence-electron chi connectivity index (χ1n) is 6.63. The third-order valence-electron chi connectivity index (χ3n) is 3.39. The van der Waals surface area contributed by atoms with Gasteiger partial charge in [-0.3, -0.25) is 4.79 Å². The van der Waals surface area contributed by atoms with E-state index in [1.165, 1.54) is 0 Å². The number of likely N-dealkylation sites (tertiary alicyclic amines) is 1. The van der Waals surface area contributed by atoms with Gasteiger partial charge in [-0.25, -0.2) is 4.98 Å². The van der Waals surface area contributed by atoms with Crippen LogP contribution in [0.25, 0.3) is 0 Å². The lowest BCUT2D eigenvalue weighted by Crippen LogP contribution is -2.42. The molecule has 0 aliphatic carbocycles. The third kappa shape index (κ3) is 3.44. The number of hydrogen-bond acceptors (Lipinski definition) is 4. The molecule has 1 N–H and O–H groups in total. The molecule has 1 fully saturated rings. The summed E-state index contributed by atoms with van der Waals surface area (Å²) in [6, 6.07) is 5.97. The molecule has 1 aromatic rings. The Hall–Kier alpha value is -2.09. The van der Waals surface area contributed by atoms with Gasteiger partial charge in [0.25, 0.3) is 0 Å². The molecule has 0 spiro atoms. The van der Waals surface area contributed by atoms with Gasteiger partial charge in [0, 0.05) is 31.7 Å². The summed E-state index contributed by atoms with van der Waals surface area (Å²) >= 11 is 0. The van der Waals surface area contributed by atoms with Gasteiger partial charge >= 0.3 is 0 Å². The molecule has 2 heterocycles. The molecule has 1 aromatic heterocycles. The van der Waals surface area contributed by atoms with E-state index in [0.717, 1.165) is 31.7 Å². The highest BCUT2D eigenvalue weighted by Gasteiger charge is 2.21. The molecular weight excluding hydrogens is 240 g/mol. The zero-order chi connectivity index (χ0) is 13.7. The van der Waals surface area contributed by atoms with Gasteiger partial charge in [-0.05, 0) is 25.0 Å². The van der Waals surface area contributed by atoms with E-state index in [1.807, 2.05) is 24.0 Å². The predicted molar refractivity (Wildman–Crippen MR) is 72.5 cm³/mol. The second-order valence-corrected chi connectivity index (χ2v) is 4.70. The van der Waals surface area contributed by atoms with Crippen LogP contribution in [0.4, 0.5) is 5.82 Å². The fourth-order valence-corrected chi connectivity index (χ4v) is 2.25. The summed E-state index contributed by atoms with van der Waals surface area (Å²) in [5.41, 5.74) is 0.564. The fraction of sp³-hybridized carbons (Fsp3) is 0.500. The van der Waals surface area contributed by atoms with Gasteiger partial charge in [-0.2, -0.15) is 5.26 Å². The van der Waals surface area contributed by atoms with Crippen molar-refractivity contribution in [1.29, 1.82) is 5.26 Å². The first-order valence-corrected chi connectivity index (χ1v) is 6.63. The second kappa shape index (κ2) is 6.19. The zero-order valence-electron chi connectivity index (χ0n) is 11.1. The van der Waals surface area contributed by atoms with E-state index in [-0.39, 0.29) is 5.91 Å². The molecular formula is C14H18N4O. The number of rotatable bonds is 3. The normalized spacial score (nSPS) is 15.9.